The second-order valence-electron chi connectivity index (χ2n) is 5.07. The summed E-state index contributed by atoms with van der Waals surface area (Å²) in [6.07, 6.45) is 5.32. The first kappa shape index (κ1) is 15.8. The number of hydrogen-bond acceptors (Lipinski definition) is 4. The van der Waals surface area contributed by atoms with Crippen LogP contribution in [0.3, 0.4) is 0 Å². The predicted molar refractivity (Wildman–Crippen MR) is 92.6 cm³/mol. The molecule has 0 saturated carbocycles. The lowest BCUT2D eigenvalue weighted by Crippen LogP contribution is -2.11. The first-order valence-electron chi connectivity index (χ1n) is 6.91. The summed E-state index contributed by atoms with van der Waals surface area (Å²) in [5.41, 5.74) is 2.06. The minimum Gasteiger partial charge on any atom is -0.312 e. The molecule has 22 heavy (non-hydrogen) atoms. The zero-order chi connectivity index (χ0) is 15.7. The lowest BCUT2D eigenvalue weighted by atomic mass is 10.1. The van der Waals surface area contributed by atoms with Crippen molar-refractivity contribution >= 4 is 56.8 Å². The van der Waals surface area contributed by atoms with Gasteiger partial charge in [-0.05, 0) is 37.3 Å². The average Bonchev–Trinajstić information content (AvgIpc) is 2.88. The minimum absolute atomic E-state index is 0.318. The Labute approximate surface area is 146 Å². The Bertz CT molecular complexity index is 773. The molecule has 7 heteroatoms. The van der Waals surface area contributed by atoms with E-state index in [1.54, 1.807) is 6.07 Å². The van der Waals surface area contributed by atoms with Crippen LogP contribution >= 0.6 is 45.9 Å². The van der Waals surface area contributed by atoms with Crippen molar-refractivity contribution in [1.29, 1.82) is 5.26 Å². The Morgan fingerprint density at radius 1 is 1.23 bits per heavy atom. The van der Waals surface area contributed by atoms with Crippen molar-refractivity contribution in [2.45, 2.75) is 32.1 Å². The Morgan fingerprint density at radius 3 is 2.68 bits per heavy atom. The van der Waals surface area contributed by atoms with Crippen LogP contribution in [0.4, 0.5) is 5.00 Å². The van der Waals surface area contributed by atoms with Gasteiger partial charge in [0.15, 0.2) is 0 Å². The van der Waals surface area contributed by atoms with Crippen LogP contribution in [0.15, 0.2) is 6.07 Å². The number of halogens is 2. The van der Waals surface area contributed by atoms with Crippen LogP contribution in [-0.4, -0.2) is 5.91 Å². The summed E-state index contributed by atoms with van der Waals surface area (Å²) in [7, 11) is 0. The number of aryl methyl sites for hydroxylation is 1. The molecule has 0 fully saturated rings. The zero-order valence-electron chi connectivity index (χ0n) is 11.5. The average molecular weight is 371 g/mol. The predicted octanol–water partition coefficient (Wildman–Crippen LogP) is 5.51. The van der Waals surface area contributed by atoms with Crippen LogP contribution in [-0.2, 0) is 12.8 Å². The number of anilines is 1. The minimum atomic E-state index is -0.318. The number of nitriles is 1. The molecule has 3 rings (SSSR count). The number of hydrogen-bond donors (Lipinski definition) is 1. The molecule has 2 aromatic heterocycles. The van der Waals surface area contributed by atoms with Gasteiger partial charge >= 0.3 is 0 Å². The van der Waals surface area contributed by atoms with Crippen LogP contribution in [0.5, 0.6) is 0 Å². The van der Waals surface area contributed by atoms with Crippen molar-refractivity contribution in [2.24, 2.45) is 0 Å². The molecule has 114 valence electrons. The van der Waals surface area contributed by atoms with E-state index in [9.17, 15) is 10.1 Å². The van der Waals surface area contributed by atoms with E-state index in [1.165, 1.54) is 22.6 Å². The maximum atomic E-state index is 12.3. The van der Waals surface area contributed by atoms with E-state index in [-0.39, 0.29) is 5.91 Å². The molecule has 1 aliphatic carbocycles. The number of thiophene rings is 2. The van der Waals surface area contributed by atoms with E-state index in [1.807, 2.05) is 0 Å². The van der Waals surface area contributed by atoms with E-state index in [0.29, 0.717) is 24.8 Å². The SMILES string of the molecule is N#Cc1c(NC(=O)c2cc(Cl)sc2Cl)sc2c1CCCCC2. The second kappa shape index (κ2) is 6.59. The summed E-state index contributed by atoms with van der Waals surface area (Å²) < 4.78 is 0.830. The van der Waals surface area contributed by atoms with E-state index in [4.69, 9.17) is 23.2 Å². The molecule has 0 atom stereocenters. The first-order chi connectivity index (χ1) is 10.6. The highest BCUT2D eigenvalue weighted by Crippen LogP contribution is 2.38. The third-order valence-electron chi connectivity index (χ3n) is 3.66. The lowest BCUT2D eigenvalue weighted by molar-refractivity contribution is 0.102. The van der Waals surface area contributed by atoms with Crippen molar-refractivity contribution in [1.82, 2.24) is 0 Å². The first-order valence-corrected chi connectivity index (χ1v) is 9.30. The Morgan fingerprint density at radius 2 is 2.00 bits per heavy atom. The van der Waals surface area contributed by atoms with Crippen molar-refractivity contribution < 1.29 is 4.79 Å². The highest BCUT2D eigenvalue weighted by atomic mass is 35.5. The van der Waals surface area contributed by atoms with Crippen LogP contribution < -0.4 is 5.32 Å². The summed E-state index contributed by atoms with van der Waals surface area (Å²) in [5.74, 6) is -0.318. The highest BCUT2D eigenvalue weighted by Gasteiger charge is 2.22. The van der Waals surface area contributed by atoms with Crippen molar-refractivity contribution in [3.8, 4) is 6.07 Å². The van der Waals surface area contributed by atoms with Gasteiger partial charge in [-0.1, -0.05) is 29.6 Å². The normalized spacial score (nSPS) is 14.0. The Hall–Kier alpha value is -1.06. The van der Waals surface area contributed by atoms with E-state index >= 15 is 0 Å². The molecule has 0 spiro atoms. The molecular formula is C15H12Cl2N2OS2. The fourth-order valence-corrected chi connectivity index (χ4v) is 5.31. The zero-order valence-corrected chi connectivity index (χ0v) is 14.7. The maximum absolute atomic E-state index is 12.3. The molecule has 3 nitrogen and oxygen atoms in total. The molecule has 0 aliphatic heterocycles. The number of nitrogens with zero attached hydrogens (tertiary/aromatic N) is 1. The number of carbonyl (C=O) groups is 1. The van der Waals surface area contributed by atoms with Gasteiger partial charge in [0, 0.05) is 4.88 Å². The largest absolute Gasteiger partial charge is 0.312 e. The second-order valence-corrected chi connectivity index (χ2v) is 8.46. The summed E-state index contributed by atoms with van der Waals surface area (Å²) in [5, 5.41) is 12.9. The van der Waals surface area contributed by atoms with E-state index < -0.39 is 0 Å². The van der Waals surface area contributed by atoms with Gasteiger partial charge in [-0.2, -0.15) is 5.26 Å². The Balaban J connectivity index is 1.91. The Kier molecular flexibility index (Phi) is 4.74. The molecule has 2 aromatic rings. The molecule has 0 saturated heterocycles. The van der Waals surface area contributed by atoms with Gasteiger partial charge in [-0.25, -0.2) is 0 Å². The molecule has 0 aromatic carbocycles. The quantitative estimate of drug-likeness (QED) is 0.708. The van der Waals surface area contributed by atoms with Gasteiger partial charge in [-0.15, -0.1) is 22.7 Å². The number of nitrogens with one attached hydrogen (secondary N) is 1. The molecule has 2 heterocycles. The monoisotopic (exact) mass is 370 g/mol. The van der Waals surface area contributed by atoms with Gasteiger partial charge in [0.25, 0.3) is 5.91 Å². The van der Waals surface area contributed by atoms with Gasteiger partial charge in [0.1, 0.15) is 15.4 Å². The molecular weight excluding hydrogens is 359 g/mol. The summed E-state index contributed by atoms with van der Waals surface area (Å²) in [4.78, 5) is 13.6. The number of amides is 1. The molecule has 0 bridgehead atoms. The molecule has 0 unspecified atom stereocenters. The fourth-order valence-electron chi connectivity index (χ4n) is 2.61. The standard InChI is InChI=1S/C15H12Cl2N2OS2/c16-12-6-9(13(17)22-12)14(20)19-15-10(7-18)8-4-2-1-3-5-11(8)21-15/h6H,1-5H2,(H,19,20). The van der Waals surface area contributed by atoms with Gasteiger partial charge in [-0.3, -0.25) is 4.79 Å². The number of carbonyl (C=O) groups excluding carboxylic acids is 1. The topological polar surface area (TPSA) is 52.9 Å². The fraction of sp³-hybridized carbons (Fsp3) is 0.333. The molecule has 1 amide bonds. The van der Waals surface area contributed by atoms with Crippen molar-refractivity contribution in [2.75, 3.05) is 5.32 Å². The van der Waals surface area contributed by atoms with Gasteiger partial charge < -0.3 is 5.32 Å². The highest BCUT2D eigenvalue weighted by molar-refractivity contribution is 7.20. The van der Waals surface area contributed by atoms with Crippen molar-refractivity contribution in [3.05, 3.63) is 36.3 Å². The lowest BCUT2D eigenvalue weighted by Gasteiger charge is -2.03. The third kappa shape index (κ3) is 3.02. The summed E-state index contributed by atoms with van der Waals surface area (Å²) in [6.45, 7) is 0. The summed E-state index contributed by atoms with van der Waals surface area (Å²) in [6, 6.07) is 3.80. The van der Waals surface area contributed by atoms with Gasteiger partial charge in [0.05, 0.1) is 15.5 Å². The smallest absolute Gasteiger partial charge is 0.258 e. The van der Waals surface area contributed by atoms with E-state index in [2.05, 4.69) is 11.4 Å². The summed E-state index contributed by atoms with van der Waals surface area (Å²) >= 11 is 14.6. The number of fused-ring (bicyclic) bond motifs is 1. The molecule has 1 N–H and O–H groups in total. The van der Waals surface area contributed by atoms with Gasteiger partial charge in [0.2, 0.25) is 0 Å². The van der Waals surface area contributed by atoms with Crippen LogP contribution in [0.25, 0.3) is 0 Å². The van der Waals surface area contributed by atoms with Crippen molar-refractivity contribution in [3.63, 3.8) is 0 Å². The third-order valence-corrected chi connectivity index (χ3v) is 6.36. The molecule has 0 radical (unpaired) electrons. The van der Waals surface area contributed by atoms with Crippen LogP contribution in [0.1, 0.15) is 45.6 Å². The number of rotatable bonds is 2. The molecule has 1 aliphatic rings. The van der Waals surface area contributed by atoms with Crippen LogP contribution in [0.2, 0.25) is 8.67 Å². The van der Waals surface area contributed by atoms with Crippen LogP contribution in [0, 0.1) is 11.3 Å². The maximum Gasteiger partial charge on any atom is 0.258 e. The van der Waals surface area contributed by atoms with E-state index in [0.717, 1.165) is 42.6 Å².